The van der Waals surface area contributed by atoms with E-state index in [1.54, 1.807) is 43.6 Å². The van der Waals surface area contributed by atoms with Crippen molar-refractivity contribution >= 4 is 40.8 Å². The Hall–Kier alpha value is -5.88. The number of amides is 5. The van der Waals surface area contributed by atoms with Gasteiger partial charge in [0.25, 0.3) is 11.8 Å². The van der Waals surface area contributed by atoms with Gasteiger partial charge >= 0.3 is 0 Å². The molecule has 3 saturated heterocycles. The molecule has 2 unspecified atom stereocenters. The summed E-state index contributed by atoms with van der Waals surface area (Å²) < 4.78 is 18.1. The number of aliphatic hydroxyl groups is 1. The number of anilines is 1. The standard InChI is InChI=1S/C46H56N8O9/c1-50(25-36-38(61-3)21-29(22-39(36)62-4)35-26-51(2)43(58)34-24-47-15-11-31(34)35)27-41(56)48-14-5-6-16-52-19-20-63-46(28-52)12-17-53(18-13-46)30-7-8-32-33(23-30)45(60)54(44(32)59)37-9-10-40(55)49-42(37)57/h7-8,11,15,21-24,26,37,43,58H,5-6,9-10,12-14,16-20,25,27-28H2,1-4H3,(H,48,56)(H,49,55,57). The molecule has 2 aromatic carbocycles. The van der Waals surface area contributed by atoms with Crippen molar-refractivity contribution < 1.29 is 43.3 Å². The monoisotopic (exact) mass is 864 g/mol. The van der Waals surface area contributed by atoms with Crippen molar-refractivity contribution in [1.29, 1.82) is 0 Å². The molecule has 5 aliphatic heterocycles. The molecule has 17 nitrogen and oxygen atoms in total. The number of ether oxygens (including phenoxy) is 3. The first-order valence-electron chi connectivity index (χ1n) is 21.6. The first-order valence-corrected chi connectivity index (χ1v) is 21.6. The van der Waals surface area contributed by atoms with Crippen molar-refractivity contribution in [3.8, 4) is 11.5 Å². The highest BCUT2D eigenvalue weighted by molar-refractivity contribution is 6.23. The minimum Gasteiger partial charge on any atom is -0.496 e. The van der Waals surface area contributed by atoms with Crippen molar-refractivity contribution in [3.63, 3.8) is 0 Å². The van der Waals surface area contributed by atoms with E-state index in [-0.39, 0.29) is 42.0 Å². The van der Waals surface area contributed by atoms with Gasteiger partial charge in [-0.15, -0.1) is 0 Å². The topological polar surface area (TPSA) is 186 Å². The molecule has 63 heavy (non-hydrogen) atoms. The fourth-order valence-electron chi connectivity index (χ4n) is 9.51. The molecule has 334 valence electrons. The highest BCUT2D eigenvalue weighted by atomic mass is 16.5. The van der Waals surface area contributed by atoms with Crippen LogP contribution in [0.4, 0.5) is 5.69 Å². The Morgan fingerprint density at radius 2 is 1.75 bits per heavy atom. The summed E-state index contributed by atoms with van der Waals surface area (Å²) in [4.78, 5) is 77.3. The Morgan fingerprint density at radius 3 is 2.48 bits per heavy atom. The summed E-state index contributed by atoms with van der Waals surface area (Å²) in [6, 6.07) is 10.1. The predicted molar refractivity (Wildman–Crippen MR) is 232 cm³/mol. The Morgan fingerprint density at radius 1 is 1.00 bits per heavy atom. The van der Waals surface area contributed by atoms with Crippen molar-refractivity contribution in [2.75, 3.05) is 85.6 Å². The van der Waals surface area contributed by atoms with Crippen LogP contribution in [0.15, 0.2) is 55.0 Å². The molecule has 0 radical (unpaired) electrons. The molecule has 8 rings (SSSR count). The van der Waals surface area contributed by atoms with Crippen LogP contribution in [0.3, 0.4) is 0 Å². The minimum atomic E-state index is -0.993. The summed E-state index contributed by atoms with van der Waals surface area (Å²) in [6.45, 7) is 5.89. The van der Waals surface area contributed by atoms with Gasteiger partial charge in [-0.2, -0.15) is 0 Å². The Labute approximate surface area is 366 Å². The number of hydrogen-bond donors (Lipinski definition) is 3. The zero-order valence-corrected chi connectivity index (χ0v) is 36.4. The molecule has 5 aliphatic rings. The van der Waals surface area contributed by atoms with Crippen LogP contribution in [0.1, 0.15) is 87.7 Å². The number of carbonyl (C=O) groups is 5. The maximum Gasteiger partial charge on any atom is 0.262 e. The Kier molecular flexibility index (Phi) is 12.8. The van der Waals surface area contributed by atoms with E-state index in [0.717, 1.165) is 91.3 Å². The van der Waals surface area contributed by atoms with Gasteiger partial charge in [-0.3, -0.25) is 49.0 Å². The van der Waals surface area contributed by atoms with Crippen molar-refractivity contribution in [3.05, 3.63) is 88.4 Å². The number of unbranched alkanes of at least 4 members (excludes halogenated alkanes) is 1. The number of imide groups is 2. The third-order valence-electron chi connectivity index (χ3n) is 12.9. The number of methoxy groups -OCH3 is 2. The second-order valence-corrected chi connectivity index (χ2v) is 17.1. The van der Waals surface area contributed by atoms with Gasteiger partial charge in [0.2, 0.25) is 17.7 Å². The predicted octanol–water partition coefficient (Wildman–Crippen LogP) is 2.53. The molecule has 2 atom stereocenters. The molecule has 6 heterocycles. The summed E-state index contributed by atoms with van der Waals surface area (Å²) in [6.07, 6.45) is 8.10. The summed E-state index contributed by atoms with van der Waals surface area (Å²) in [5.74, 6) is -0.830. The molecule has 3 N–H and O–H groups in total. The van der Waals surface area contributed by atoms with E-state index in [4.69, 9.17) is 14.2 Å². The number of aromatic nitrogens is 1. The van der Waals surface area contributed by atoms with Crippen molar-refractivity contribution in [2.45, 2.75) is 62.9 Å². The lowest BCUT2D eigenvalue weighted by Gasteiger charge is -2.48. The number of likely N-dealkylation sites (N-methyl/N-ethyl adjacent to an activating group) is 1. The maximum atomic E-state index is 13.4. The molecule has 0 aliphatic carbocycles. The SMILES string of the molecule is COc1cc(C2=CN(C)C(O)c3cnccc32)cc(OC)c1CN(C)CC(=O)NCCCCN1CCOC2(CCN(c3ccc4c(c3)C(=O)N(C3CCC(=O)NC3=O)C4=O)CC2)C1. The van der Waals surface area contributed by atoms with E-state index in [2.05, 4.69) is 25.4 Å². The van der Waals surface area contributed by atoms with E-state index in [1.807, 2.05) is 49.5 Å². The molecule has 0 saturated carbocycles. The number of rotatable bonds is 14. The van der Waals surface area contributed by atoms with Gasteiger partial charge in [0.15, 0.2) is 6.23 Å². The fourth-order valence-corrected chi connectivity index (χ4v) is 9.51. The van der Waals surface area contributed by atoms with Crippen LogP contribution >= 0.6 is 0 Å². The molecular weight excluding hydrogens is 809 g/mol. The average molecular weight is 865 g/mol. The number of nitrogens with zero attached hydrogens (tertiary/aromatic N) is 6. The lowest BCUT2D eigenvalue weighted by Crippen LogP contribution is -2.57. The lowest BCUT2D eigenvalue weighted by atomic mass is 9.88. The van der Waals surface area contributed by atoms with E-state index < -0.39 is 35.9 Å². The van der Waals surface area contributed by atoms with Crippen LogP contribution < -0.4 is 25.0 Å². The summed E-state index contributed by atoms with van der Waals surface area (Å²) in [7, 11) is 6.94. The molecule has 5 amide bonds. The lowest BCUT2D eigenvalue weighted by molar-refractivity contribution is -0.136. The van der Waals surface area contributed by atoms with E-state index in [0.29, 0.717) is 36.8 Å². The quantitative estimate of drug-likeness (QED) is 0.159. The van der Waals surface area contributed by atoms with Crippen LogP contribution in [-0.2, 0) is 25.7 Å². The smallest absolute Gasteiger partial charge is 0.262 e. The van der Waals surface area contributed by atoms with Crippen LogP contribution in [0.5, 0.6) is 11.5 Å². The van der Waals surface area contributed by atoms with E-state index in [9.17, 15) is 29.1 Å². The van der Waals surface area contributed by atoms with Crippen molar-refractivity contribution in [1.82, 2.24) is 35.2 Å². The highest BCUT2D eigenvalue weighted by Crippen LogP contribution is 2.41. The number of carbonyl (C=O) groups excluding carboxylic acids is 5. The van der Waals surface area contributed by atoms with Crippen LogP contribution in [0.2, 0.25) is 0 Å². The third-order valence-corrected chi connectivity index (χ3v) is 12.9. The summed E-state index contributed by atoms with van der Waals surface area (Å²) in [5.41, 5.74) is 5.33. The average Bonchev–Trinajstić information content (AvgIpc) is 3.52. The van der Waals surface area contributed by atoms with Gasteiger partial charge < -0.3 is 34.4 Å². The number of hydrogen-bond acceptors (Lipinski definition) is 14. The largest absolute Gasteiger partial charge is 0.496 e. The second-order valence-electron chi connectivity index (χ2n) is 17.1. The molecule has 17 heteroatoms. The first-order chi connectivity index (χ1) is 30.4. The highest BCUT2D eigenvalue weighted by Gasteiger charge is 2.45. The van der Waals surface area contributed by atoms with Gasteiger partial charge in [-0.25, -0.2) is 0 Å². The minimum absolute atomic E-state index is 0.0608. The number of fused-ring (bicyclic) bond motifs is 2. The van der Waals surface area contributed by atoms with E-state index in [1.165, 1.54) is 0 Å². The van der Waals surface area contributed by atoms with Crippen LogP contribution in [0.25, 0.3) is 5.57 Å². The van der Waals surface area contributed by atoms with Crippen LogP contribution in [0, 0.1) is 0 Å². The molecule has 3 fully saturated rings. The van der Waals surface area contributed by atoms with Gasteiger partial charge in [0.05, 0.1) is 49.7 Å². The maximum absolute atomic E-state index is 13.4. The summed E-state index contributed by atoms with van der Waals surface area (Å²) >= 11 is 0. The number of nitrogens with one attached hydrogen (secondary N) is 2. The van der Waals surface area contributed by atoms with Gasteiger partial charge in [0.1, 0.15) is 17.5 Å². The summed E-state index contributed by atoms with van der Waals surface area (Å²) in [5, 5.41) is 16.0. The number of aliphatic hydroxyl groups excluding tert-OH is 1. The van der Waals surface area contributed by atoms with Gasteiger partial charge in [0, 0.05) is 88.2 Å². The number of benzene rings is 2. The molecule has 1 spiro atoms. The first kappa shape index (κ1) is 43.8. The van der Waals surface area contributed by atoms with Crippen molar-refractivity contribution in [2.24, 2.45) is 0 Å². The number of morpholine rings is 1. The van der Waals surface area contributed by atoms with E-state index >= 15 is 0 Å². The Bertz CT molecular complexity index is 2280. The second kappa shape index (κ2) is 18.5. The Balaban J connectivity index is 0.777. The molecule has 0 bridgehead atoms. The van der Waals surface area contributed by atoms with Gasteiger partial charge in [-0.1, -0.05) is 0 Å². The number of piperidine rings is 2. The van der Waals surface area contributed by atoms with Gasteiger partial charge in [-0.05, 0) is 93.2 Å². The molecule has 1 aromatic heterocycles. The molecular formula is C46H56N8O9. The molecule has 3 aromatic rings. The third kappa shape index (κ3) is 9.00. The normalized spacial score (nSPS) is 21.0. The van der Waals surface area contributed by atoms with Crippen LogP contribution in [-0.4, -0.2) is 152 Å². The zero-order chi connectivity index (χ0) is 44.4. The fraction of sp³-hybridized carbons (Fsp3) is 0.478. The number of pyridine rings is 1. The zero-order valence-electron chi connectivity index (χ0n) is 36.4.